The first-order valence-electron chi connectivity index (χ1n) is 8.31. The Labute approximate surface area is 140 Å². The first-order valence-corrected chi connectivity index (χ1v) is 8.31. The summed E-state index contributed by atoms with van der Waals surface area (Å²) in [6.45, 7) is 6.59. The highest BCUT2D eigenvalue weighted by Crippen LogP contribution is 2.14. The van der Waals surface area contributed by atoms with Crippen LogP contribution in [0.2, 0.25) is 0 Å². The van der Waals surface area contributed by atoms with Crippen LogP contribution in [0.1, 0.15) is 37.3 Å². The van der Waals surface area contributed by atoms with E-state index in [-0.39, 0.29) is 16.9 Å². The van der Waals surface area contributed by atoms with Crippen molar-refractivity contribution in [3.05, 3.63) is 62.6 Å². The summed E-state index contributed by atoms with van der Waals surface area (Å²) in [6, 6.07) is 5.95. The van der Waals surface area contributed by atoms with E-state index in [1.807, 2.05) is 32.0 Å². The lowest BCUT2D eigenvalue weighted by atomic mass is 10.1. The van der Waals surface area contributed by atoms with E-state index >= 15 is 0 Å². The molecule has 6 heteroatoms. The molecule has 24 heavy (non-hydrogen) atoms. The standard InChI is InChI=1S/C18H22N4O2/c1-4-5-6-9-22-18(24)21-11-10-20(17(23)16(21)19-22)15-12-13(2)7-8-14(15)3/h7-8,10-12H,4-6,9H2,1-3H3. The fourth-order valence-electron chi connectivity index (χ4n) is 2.84. The van der Waals surface area contributed by atoms with Gasteiger partial charge in [0.1, 0.15) is 0 Å². The van der Waals surface area contributed by atoms with Gasteiger partial charge in [-0.1, -0.05) is 31.9 Å². The molecule has 3 rings (SSSR count). The molecular weight excluding hydrogens is 304 g/mol. The van der Waals surface area contributed by atoms with Crippen LogP contribution in [0.25, 0.3) is 11.3 Å². The molecule has 1 aromatic carbocycles. The summed E-state index contributed by atoms with van der Waals surface area (Å²) >= 11 is 0. The Bertz CT molecular complexity index is 994. The quantitative estimate of drug-likeness (QED) is 0.677. The van der Waals surface area contributed by atoms with Crippen molar-refractivity contribution in [3.8, 4) is 5.69 Å². The van der Waals surface area contributed by atoms with Crippen LogP contribution >= 0.6 is 0 Å². The predicted molar refractivity (Wildman–Crippen MR) is 94.0 cm³/mol. The highest BCUT2D eigenvalue weighted by Gasteiger charge is 2.13. The normalized spacial score (nSPS) is 11.3. The molecule has 0 aliphatic heterocycles. The molecule has 0 radical (unpaired) electrons. The van der Waals surface area contributed by atoms with E-state index in [0.29, 0.717) is 6.54 Å². The molecule has 2 aromatic heterocycles. The van der Waals surface area contributed by atoms with Crippen molar-refractivity contribution in [2.75, 3.05) is 0 Å². The van der Waals surface area contributed by atoms with Gasteiger partial charge < -0.3 is 0 Å². The van der Waals surface area contributed by atoms with Crippen LogP contribution in [0.4, 0.5) is 0 Å². The van der Waals surface area contributed by atoms with E-state index in [1.165, 1.54) is 9.08 Å². The van der Waals surface area contributed by atoms with Crippen molar-refractivity contribution in [1.29, 1.82) is 0 Å². The zero-order chi connectivity index (χ0) is 17.3. The topological polar surface area (TPSA) is 61.3 Å². The number of aryl methyl sites for hydroxylation is 3. The lowest BCUT2D eigenvalue weighted by molar-refractivity contribution is 0.538. The second-order valence-corrected chi connectivity index (χ2v) is 6.17. The van der Waals surface area contributed by atoms with Crippen molar-refractivity contribution >= 4 is 5.65 Å². The Morgan fingerprint density at radius 2 is 1.88 bits per heavy atom. The third kappa shape index (κ3) is 2.79. The Kier molecular flexibility index (Phi) is 4.38. The third-order valence-corrected chi connectivity index (χ3v) is 4.24. The van der Waals surface area contributed by atoms with Crippen LogP contribution in [-0.2, 0) is 6.54 Å². The first-order chi connectivity index (χ1) is 11.5. The summed E-state index contributed by atoms with van der Waals surface area (Å²) in [4.78, 5) is 25.2. The molecule has 0 saturated carbocycles. The average molecular weight is 326 g/mol. The Morgan fingerprint density at radius 1 is 1.08 bits per heavy atom. The number of unbranched alkanes of at least 4 members (excludes halogenated alkanes) is 2. The summed E-state index contributed by atoms with van der Waals surface area (Å²) in [5, 5.41) is 4.26. The van der Waals surface area contributed by atoms with Crippen LogP contribution in [-0.4, -0.2) is 18.7 Å². The molecule has 0 aliphatic rings. The number of fused-ring (bicyclic) bond motifs is 1. The van der Waals surface area contributed by atoms with E-state index in [4.69, 9.17) is 0 Å². The SMILES string of the molecule is CCCCCn1nc2c(=O)n(-c3cc(C)ccc3C)ccn2c1=O. The molecule has 0 N–H and O–H groups in total. The van der Waals surface area contributed by atoms with Gasteiger partial charge in [0.15, 0.2) is 0 Å². The fourth-order valence-corrected chi connectivity index (χ4v) is 2.84. The zero-order valence-corrected chi connectivity index (χ0v) is 14.3. The molecule has 0 amide bonds. The van der Waals surface area contributed by atoms with E-state index in [9.17, 15) is 9.59 Å². The summed E-state index contributed by atoms with van der Waals surface area (Å²) in [6.07, 6.45) is 6.24. The molecule has 3 aromatic rings. The smallest absolute Gasteiger partial charge is 0.279 e. The van der Waals surface area contributed by atoms with Crippen LogP contribution in [0.3, 0.4) is 0 Å². The monoisotopic (exact) mass is 326 g/mol. The molecular formula is C18H22N4O2. The Hall–Kier alpha value is -2.63. The number of hydrogen-bond acceptors (Lipinski definition) is 3. The number of hydrogen-bond donors (Lipinski definition) is 0. The Balaban J connectivity index is 2.13. The first kappa shape index (κ1) is 16.2. The van der Waals surface area contributed by atoms with Gasteiger partial charge in [0, 0.05) is 18.9 Å². The Morgan fingerprint density at radius 3 is 2.62 bits per heavy atom. The number of rotatable bonds is 5. The highest BCUT2D eigenvalue weighted by molar-refractivity contribution is 5.46. The molecule has 0 unspecified atom stereocenters. The lowest BCUT2D eigenvalue weighted by Crippen LogP contribution is -2.24. The van der Waals surface area contributed by atoms with Gasteiger partial charge in [-0.2, -0.15) is 0 Å². The highest BCUT2D eigenvalue weighted by atomic mass is 16.2. The maximum absolute atomic E-state index is 12.8. The third-order valence-electron chi connectivity index (χ3n) is 4.24. The molecule has 0 fully saturated rings. The van der Waals surface area contributed by atoms with Gasteiger partial charge in [0.05, 0.1) is 5.69 Å². The van der Waals surface area contributed by atoms with Crippen LogP contribution in [0.15, 0.2) is 40.2 Å². The minimum Gasteiger partial charge on any atom is -0.279 e. The van der Waals surface area contributed by atoms with E-state index < -0.39 is 0 Å². The molecule has 0 spiro atoms. The number of aromatic nitrogens is 4. The van der Waals surface area contributed by atoms with Gasteiger partial charge in [0.25, 0.3) is 0 Å². The van der Waals surface area contributed by atoms with Gasteiger partial charge in [-0.25, -0.2) is 13.9 Å². The lowest BCUT2D eigenvalue weighted by Gasteiger charge is -2.09. The summed E-state index contributed by atoms with van der Waals surface area (Å²) in [5.74, 6) is 0. The van der Waals surface area contributed by atoms with E-state index in [1.54, 1.807) is 17.0 Å². The number of benzene rings is 1. The minimum atomic E-state index is -0.280. The zero-order valence-electron chi connectivity index (χ0n) is 14.3. The molecule has 2 heterocycles. The second kappa shape index (κ2) is 6.47. The van der Waals surface area contributed by atoms with Crippen molar-refractivity contribution < 1.29 is 0 Å². The maximum atomic E-state index is 12.8. The molecule has 0 aliphatic carbocycles. The molecule has 126 valence electrons. The van der Waals surface area contributed by atoms with Gasteiger partial charge in [0.2, 0.25) is 5.65 Å². The van der Waals surface area contributed by atoms with E-state index in [2.05, 4.69) is 12.0 Å². The van der Waals surface area contributed by atoms with Crippen molar-refractivity contribution in [3.63, 3.8) is 0 Å². The maximum Gasteiger partial charge on any atom is 0.350 e. The van der Waals surface area contributed by atoms with Gasteiger partial charge in [-0.3, -0.25) is 9.36 Å². The minimum absolute atomic E-state index is 0.167. The van der Waals surface area contributed by atoms with Crippen molar-refractivity contribution in [2.24, 2.45) is 0 Å². The molecule has 0 atom stereocenters. The second-order valence-electron chi connectivity index (χ2n) is 6.17. The molecule has 0 bridgehead atoms. The molecule has 0 saturated heterocycles. The summed E-state index contributed by atoms with van der Waals surface area (Å²) in [5.41, 5.74) is 2.51. The van der Waals surface area contributed by atoms with Gasteiger partial charge in [-0.15, -0.1) is 5.10 Å². The fraction of sp³-hybridized carbons (Fsp3) is 0.389. The van der Waals surface area contributed by atoms with Gasteiger partial charge in [-0.05, 0) is 37.5 Å². The summed E-state index contributed by atoms with van der Waals surface area (Å²) in [7, 11) is 0. The van der Waals surface area contributed by atoms with Gasteiger partial charge >= 0.3 is 11.2 Å². The van der Waals surface area contributed by atoms with E-state index in [0.717, 1.165) is 36.1 Å². The van der Waals surface area contributed by atoms with Crippen molar-refractivity contribution in [2.45, 2.75) is 46.6 Å². The largest absolute Gasteiger partial charge is 0.350 e. The van der Waals surface area contributed by atoms with Crippen LogP contribution in [0.5, 0.6) is 0 Å². The van der Waals surface area contributed by atoms with Crippen LogP contribution < -0.4 is 11.2 Å². The summed E-state index contributed by atoms with van der Waals surface area (Å²) < 4.78 is 4.27. The van der Waals surface area contributed by atoms with Crippen molar-refractivity contribution in [1.82, 2.24) is 18.7 Å². The van der Waals surface area contributed by atoms with Crippen LogP contribution in [0, 0.1) is 13.8 Å². The molecule has 6 nitrogen and oxygen atoms in total. The average Bonchev–Trinajstić information content (AvgIpc) is 2.88. The number of nitrogens with zero attached hydrogens (tertiary/aromatic N) is 4. The predicted octanol–water partition coefficient (Wildman–Crippen LogP) is 2.45.